The summed E-state index contributed by atoms with van der Waals surface area (Å²) in [6.07, 6.45) is -1.87. The molecule has 1 aromatic heterocycles. The molecule has 2 aliphatic heterocycles. The minimum absolute atomic E-state index is 0.0302. The smallest absolute Gasteiger partial charge is 0.395 e. The summed E-state index contributed by atoms with van der Waals surface area (Å²) in [5.74, 6) is -0.524. The second kappa shape index (κ2) is 8.10. The lowest BCUT2D eigenvalue weighted by Gasteiger charge is -2.33. The Hall–Kier alpha value is -2.90. The zero-order valence-electron chi connectivity index (χ0n) is 18.6. The molecule has 0 radical (unpaired) electrons. The maximum absolute atomic E-state index is 14.3. The number of rotatable bonds is 5. The van der Waals surface area contributed by atoms with E-state index in [-0.39, 0.29) is 32.2 Å². The second-order valence-electron chi connectivity index (χ2n) is 9.65. The number of likely N-dealkylation sites (tertiary alicyclic amines) is 1. The van der Waals surface area contributed by atoms with Crippen LogP contribution in [0.1, 0.15) is 24.8 Å². The van der Waals surface area contributed by atoms with E-state index in [1.807, 2.05) is 0 Å². The van der Waals surface area contributed by atoms with Gasteiger partial charge < -0.3 is 20.2 Å². The van der Waals surface area contributed by atoms with Crippen LogP contribution in [-0.2, 0) is 4.79 Å². The summed E-state index contributed by atoms with van der Waals surface area (Å²) >= 11 is 0. The number of β-amino-alcohol motifs (C(OH)–C–C–N with tert-alkyl or cyclic N) is 1. The molecule has 3 heterocycles. The fourth-order valence-corrected chi connectivity index (χ4v) is 5.88. The number of alkyl halides is 3. The number of nitrogens with one attached hydrogen (secondary N) is 1. The number of aliphatic hydroxyl groups is 1. The van der Waals surface area contributed by atoms with Gasteiger partial charge in [-0.05, 0) is 43.5 Å². The van der Waals surface area contributed by atoms with Gasteiger partial charge in [0.1, 0.15) is 11.5 Å². The normalized spacial score (nSPS) is 27.4. The Labute approximate surface area is 195 Å². The number of benzene rings is 1. The third-order valence-electron chi connectivity index (χ3n) is 7.84. The summed E-state index contributed by atoms with van der Waals surface area (Å²) in [6, 6.07) is 8.57. The van der Waals surface area contributed by atoms with Gasteiger partial charge in [-0.3, -0.25) is 9.78 Å². The van der Waals surface area contributed by atoms with Crippen LogP contribution in [0.2, 0.25) is 0 Å². The summed E-state index contributed by atoms with van der Waals surface area (Å²) in [5.41, 5.74) is -2.24. The van der Waals surface area contributed by atoms with E-state index >= 15 is 0 Å². The molecule has 10 heteroatoms. The van der Waals surface area contributed by atoms with Crippen molar-refractivity contribution in [2.24, 2.45) is 10.8 Å². The largest absolute Gasteiger partial charge is 0.397 e. The molecule has 2 unspecified atom stereocenters. The van der Waals surface area contributed by atoms with Crippen molar-refractivity contribution in [2.75, 3.05) is 44.2 Å². The molecule has 3 fully saturated rings. The van der Waals surface area contributed by atoms with E-state index in [0.717, 1.165) is 0 Å². The molecule has 34 heavy (non-hydrogen) atoms. The molecule has 5 rings (SSSR count). The van der Waals surface area contributed by atoms with E-state index in [9.17, 15) is 23.2 Å². The lowest BCUT2D eigenvalue weighted by Crippen LogP contribution is -2.49. The average Bonchev–Trinajstić information content (AvgIpc) is 3.37. The molecular weight excluding hydrogens is 447 g/mol. The second-order valence-corrected chi connectivity index (χ2v) is 9.65. The van der Waals surface area contributed by atoms with Gasteiger partial charge in [-0.2, -0.15) is 18.4 Å². The number of pyridine rings is 1. The Morgan fingerprint density at radius 2 is 2.03 bits per heavy atom. The van der Waals surface area contributed by atoms with Gasteiger partial charge in [0.25, 0.3) is 0 Å². The van der Waals surface area contributed by atoms with Crippen LogP contribution in [0.4, 0.5) is 18.9 Å². The van der Waals surface area contributed by atoms with Gasteiger partial charge >= 0.3 is 6.18 Å². The Morgan fingerprint density at radius 3 is 2.71 bits per heavy atom. The molecule has 2 saturated heterocycles. The minimum Gasteiger partial charge on any atom is -0.395 e. The number of carbonyl (C=O) groups is 1. The van der Waals surface area contributed by atoms with Crippen molar-refractivity contribution in [3.8, 4) is 6.07 Å². The van der Waals surface area contributed by atoms with Crippen LogP contribution in [0.15, 0.2) is 30.5 Å². The zero-order valence-corrected chi connectivity index (χ0v) is 18.6. The molecule has 2 N–H and O–H groups in total. The van der Waals surface area contributed by atoms with E-state index in [1.54, 1.807) is 35.4 Å². The minimum atomic E-state index is -4.51. The fraction of sp³-hybridized carbons (Fsp3) is 0.542. The van der Waals surface area contributed by atoms with Gasteiger partial charge in [-0.25, -0.2) is 0 Å². The third-order valence-corrected chi connectivity index (χ3v) is 7.84. The van der Waals surface area contributed by atoms with Crippen molar-refractivity contribution in [3.05, 3.63) is 36.0 Å². The Balaban J connectivity index is 1.41. The number of aromatic nitrogens is 1. The summed E-state index contributed by atoms with van der Waals surface area (Å²) in [7, 11) is 0. The van der Waals surface area contributed by atoms with Gasteiger partial charge in [0.2, 0.25) is 5.91 Å². The first kappa shape index (κ1) is 22.9. The van der Waals surface area contributed by atoms with Crippen LogP contribution in [0.25, 0.3) is 10.9 Å². The molecule has 2 atom stereocenters. The van der Waals surface area contributed by atoms with Gasteiger partial charge in [-0.15, -0.1) is 0 Å². The maximum Gasteiger partial charge on any atom is 0.397 e. The van der Waals surface area contributed by atoms with Gasteiger partial charge in [-0.1, -0.05) is 0 Å². The number of aliphatic hydroxyl groups excluding tert-OH is 1. The molecule has 0 spiro atoms. The maximum atomic E-state index is 14.3. The van der Waals surface area contributed by atoms with Crippen molar-refractivity contribution in [3.63, 3.8) is 0 Å². The van der Waals surface area contributed by atoms with Crippen molar-refractivity contribution in [1.29, 1.82) is 5.26 Å². The third kappa shape index (κ3) is 3.41. The van der Waals surface area contributed by atoms with Crippen molar-refractivity contribution in [1.82, 2.24) is 15.2 Å². The monoisotopic (exact) mass is 473 g/mol. The number of hydrogen-bond acceptors (Lipinski definition) is 6. The number of hydrogen-bond donors (Lipinski definition) is 2. The van der Waals surface area contributed by atoms with Gasteiger partial charge in [0.05, 0.1) is 23.1 Å². The first-order valence-electron chi connectivity index (χ1n) is 11.5. The van der Waals surface area contributed by atoms with Crippen LogP contribution in [0, 0.1) is 22.2 Å². The lowest BCUT2D eigenvalue weighted by molar-refractivity contribution is -0.191. The number of nitriles is 1. The molecule has 0 bridgehead atoms. The van der Waals surface area contributed by atoms with E-state index < -0.39 is 22.9 Å². The molecule has 1 amide bonds. The van der Waals surface area contributed by atoms with Crippen LogP contribution >= 0.6 is 0 Å². The molecule has 1 aromatic carbocycles. The topological polar surface area (TPSA) is 92.5 Å². The van der Waals surface area contributed by atoms with Crippen LogP contribution < -0.4 is 10.2 Å². The van der Waals surface area contributed by atoms with Gasteiger partial charge in [0.15, 0.2) is 0 Å². The SMILES string of the molecule is N#Cc1ccc(N2CC3(C(=O)NC4CCN(CCO)CC4)CC3(C(F)(F)F)C2)c2cccnc12. The van der Waals surface area contributed by atoms with Gasteiger partial charge in [0, 0.05) is 56.0 Å². The number of anilines is 1. The van der Waals surface area contributed by atoms with E-state index in [2.05, 4.69) is 21.3 Å². The molecule has 180 valence electrons. The highest BCUT2D eigenvalue weighted by molar-refractivity contribution is 5.97. The van der Waals surface area contributed by atoms with Crippen molar-refractivity contribution < 1.29 is 23.1 Å². The lowest BCUT2D eigenvalue weighted by atomic mass is 9.93. The van der Waals surface area contributed by atoms with E-state index in [0.29, 0.717) is 54.6 Å². The summed E-state index contributed by atoms with van der Waals surface area (Å²) in [6.45, 7) is 1.68. The van der Waals surface area contributed by atoms with E-state index in [4.69, 9.17) is 5.11 Å². The first-order valence-corrected chi connectivity index (χ1v) is 11.5. The number of halogens is 3. The quantitative estimate of drug-likeness (QED) is 0.693. The highest BCUT2D eigenvalue weighted by Gasteiger charge is 2.86. The number of amides is 1. The molecule has 2 aromatic rings. The summed E-state index contributed by atoms with van der Waals surface area (Å²) in [5, 5.41) is 22.0. The number of fused-ring (bicyclic) bond motifs is 2. The molecule has 3 aliphatic rings. The summed E-state index contributed by atoms with van der Waals surface area (Å²) < 4.78 is 43.0. The highest BCUT2D eigenvalue weighted by atomic mass is 19.4. The Kier molecular flexibility index (Phi) is 5.45. The first-order chi connectivity index (χ1) is 16.2. The number of piperidine rings is 2. The Morgan fingerprint density at radius 1 is 1.26 bits per heavy atom. The highest BCUT2D eigenvalue weighted by Crippen LogP contribution is 2.75. The fourth-order valence-electron chi connectivity index (χ4n) is 5.88. The molecule has 1 saturated carbocycles. The van der Waals surface area contributed by atoms with Crippen LogP contribution in [0.3, 0.4) is 0 Å². The molecule has 1 aliphatic carbocycles. The predicted molar refractivity (Wildman–Crippen MR) is 119 cm³/mol. The zero-order chi connectivity index (χ0) is 24.1. The van der Waals surface area contributed by atoms with E-state index in [1.165, 1.54) is 0 Å². The molecule has 7 nitrogen and oxygen atoms in total. The standard InChI is InChI=1S/C24H26F3N5O2/c25-24(26,27)23-13-22(23,21(34)30-17-5-8-31(9-6-17)10-11-33)14-32(15-23)19-4-3-16(12-28)20-18(19)2-1-7-29-20/h1-4,7,17,33H,5-6,8-11,13-15H2,(H,30,34). The Bertz CT molecular complexity index is 1160. The molecular formula is C24H26F3N5O2. The predicted octanol–water partition coefficient (Wildman–Crippen LogP) is 2.44. The van der Waals surface area contributed by atoms with Crippen LogP contribution in [0.5, 0.6) is 0 Å². The average molecular weight is 473 g/mol. The summed E-state index contributed by atoms with van der Waals surface area (Å²) in [4.78, 5) is 21.3. The number of nitrogens with zero attached hydrogens (tertiary/aromatic N) is 4. The van der Waals surface area contributed by atoms with Crippen LogP contribution in [-0.4, -0.2) is 72.4 Å². The van der Waals surface area contributed by atoms with Crippen molar-refractivity contribution >= 4 is 22.5 Å². The van der Waals surface area contributed by atoms with Crippen molar-refractivity contribution in [2.45, 2.75) is 31.5 Å². The number of carbonyl (C=O) groups excluding carboxylic acids is 1.